The Balaban J connectivity index is 2.74. The van der Waals surface area contributed by atoms with E-state index in [2.05, 4.69) is 21.3 Å². The molecule has 14 nitrogen and oxygen atoms in total. The van der Waals surface area contributed by atoms with E-state index in [0.29, 0.717) is 0 Å². The number of primary amides is 1. The van der Waals surface area contributed by atoms with Crippen molar-refractivity contribution in [2.75, 3.05) is 13.2 Å². The van der Waals surface area contributed by atoms with Gasteiger partial charge in [-0.25, -0.2) is 4.79 Å². The van der Waals surface area contributed by atoms with Crippen LogP contribution in [0, 0.1) is 0 Å². The second kappa shape index (κ2) is 13.0. The lowest BCUT2D eigenvalue weighted by atomic mass is 9.94. The number of carbonyl (C=O) groups is 5. The Morgan fingerprint density at radius 3 is 2.30 bits per heavy atom. The van der Waals surface area contributed by atoms with E-state index < -0.39 is 72.8 Å². The monoisotopic (exact) mass is 475 g/mol. The van der Waals surface area contributed by atoms with Gasteiger partial charge in [-0.1, -0.05) is 0 Å². The molecule has 0 radical (unpaired) electrons. The summed E-state index contributed by atoms with van der Waals surface area (Å²) in [6.45, 7) is 3.77. The van der Waals surface area contributed by atoms with E-state index in [9.17, 15) is 39.3 Å². The summed E-state index contributed by atoms with van der Waals surface area (Å²) in [4.78, 5) is 58.4. The van der Waals surface area contributed by atoms with E-state index in [4.69, 9.17) is 10.5 Å². The Bertz CT molecular complexity index is 734. The van der Waals surface area contributed by atoms with Crippen LogP contribution in [-0.4, -0.2) is 101 Å². The second-order valence-electron chi connectivity index (χ2n) is 7.87. The molecule has 1 rings (SSSR count). The number of ether oxygens (including phenoxy) is 1. The van der Waals surface area contributed by atoms with Crippen molar-refractivity contribution < 1.29 is 44.0 Å². The minimum absolute atomic E-state index is 0.182. The number of hydrogen-bond acceptors (Lipinski definition) is 9. The summed E-state index contributed by atoms with van der Waals surface area (Å²) in [6, 6.07) is -3.92. The molecule has 0 bridgehead atoms. The van der Waals surface area contributed by atoms with Crippen molar-refractivity contribution in [3.8, 4) is 0 Å². The molecule has 0 spiro atoms. The van der Waals surface area contributed by atoms with E-state index in [1.807, 2.05) is 0 Å². The van der Waals surface area contributed by atoms with Gasteiger partial charge >= 0.3 is 5.97 Å². The van der Waals surface area contributed by atoms with Crippen LogP contribution in [0.15, 0.2) is 0 Å². The molecule has 9 N–H and O–H groups in total. The highest BCUT2D eigenvalue weighted by molar-refractivity contribution is 5.91. The number of piperidine rings is 1. The fraction of sp³-hybridized carbons (Fsp3) is 0.737. The van der Waals surface area contributed by atoms with E-state index in [0.717, 1.165) is 0 Å². The van der Waals surface area contributed by atoms with Crippen molar-refractivity contribution in [3.63, 3.8) is 0 Å². The maximum absolute atomic E-state index is 12.5. The Kier molecular flexibility index (Phi) is 11.1. The molecule has 188 valence electrons. The topological polar surface area (TPSA) is 229 Å². The Labute approximate surface area is 190 Å². The summed E-state index contributed by atoms with van der Waals surface area (Å²) >= 11 is 0. The van der Waals surface area contributed by atoms with Crippen molar-refractivity contribution >= 4 is 29.6 Å². The fourth-order valence-electron chi connectivity index (χ4n) is 3.26. The van der Waals surface area contributed by atoms with Crippen LogP contribution in [-0.2, 0) is 28.7 Å². The molecule has 1 unspecified atom stereocenters. The summed E-state index contributed by atoms with van der Waals surface area (Å²) in [5, 5.41) is 39.1. The van der Waals surface area contributed by atoms with Gasteiger partial charge in [0.15, 0.2) is 0 Å². The zero-order valence-corrected chi connectivity index (χ0v) is 18.7. The fourth-order valence-corrected chi connectivity index (χ4v) is 3.26. The van der Waals surface area contributed by atoms with Crippen LogP contribution < -0.4 is 27.0 Å². The average molecular weight is 475 g/mol. The van der Waals surface area contributed by atoms with Gasteiger partial charge in [-0.05, 0) is 20.3 Å². The van der Waals surface area contributed by atoms with Crippen LogP contribution in [0.5, 0.6) is 0 Å². The van der Waals surface area contributed by atoms with Gasteiger partial charge in [-0.3, -0.25) is 19.2 Å². The molecule has 1 fully saturated rings. The van der Waals surface area contributed by atoms with Crippen molar-refractivity contribution in [2.24, 2.45) is 5.73 Å². The lowest BCUT2D eigenvalue weighted by molar-refractivity contribution is -0.152. The first kappa shape index (κ1) is 28.2. The predicted molar refractivity (Wildman–Crippen MR) is 112 cm³/mol. The third kappa shape index (κ3) is 8.92. The normalized spacial score (nSPS) is 25.2. The van der Waals surface area contributed by atoms with E-state index in [1.165, 1.54) is 20.8 Å². The molecular weight excluding hydrogens is 442 g/mol. The van der Waals surface area contributed by atoms with Gasteiger partial charge < -0.3 is 47.1 Å². The number of nitrogens with two attached hydrogens (primary N) is 1. The largest absolute Gasteiger partial charge is 0.480 e. The SMILES string of the molecule is CC(=O)N[C@H]1CNC(CO)[C@@H](O)[C@@H]1O[C@H](C)C(=O)N[C@@H](C)C(=O)N[C@H](CCC(N)=O)C(=O)O. The number of hydrogen-bond donors (Lipinski definition) is 8. The highest BCUT2D eigenvalue weighted by atomic mass is 16.5. The van der Waals surface area contributed by atoms with Crippen molar-refractivity contribution in [1.29, 1.82) is 0 Å². The first-order valence-electron chi connectivity index (χ1n) is 10.4. The molecule has 0 aromatic carbocycles. The number of amides is 4. The number of rotatable bonds is 12. The maximum atomic E-state index is 12.5. The van der Waals surface area contributed by atoms with Crippen molar-refractivity contribution in [1.82, 2.24) is 21.3 Å². The summed E-state index contributed by atoms with van der Waals surface area (Å²) in [5.41, 5.74) is 5.00. The van der Waals surface area contributed by atoms with Gasteiger partial charge in [0, 0.05) is 19.9 Å². The van der Waals surface area contributed by atoms with Crippen molar-refractivity contribution in [3.05, 3.63) is 0 Å². The summed E-state index contributed by atoms with van der Waals surface area (Å²) < 4.78 is 5.67. The minimum Gasteiger partial charge on any atom is -0.480 e. The molecule has 0 saturated carbocycles. The molecular formula is C19H33N5O9. The zero-order chi connectivity index (χ0) is 25.3. The number of nitrogens with one attached hydrogen (secondary N) is 4. The van der Waals surface area contributed by atoms with Gasteiger partial charge in [-0.15, -0.1) is 0 Å². The maximum Gasteiger partial charge on any atom is 0.326 e. The molecule has 0 aliphatic carbocycles. The highest BCUT2D eigenvalue weighted by Gasteiger charge is 2.41. The van der Waals surface area contributed by atoms with Crippen molar-refractivity contribution in [2.45, 2.75) is 76.1 Å². The van der Waals surface area contributed by atoms with Crippen LogP contribution >= 0.6 is 0 Å². The molecule has 0 aromatic rings. The predicted octanol–water partition coefficient (Wildman–Crippen LogP) is -4.07. The van der Waals surface area contributed by atoms with Crippen LogP contribution in [0.2, 0.25) is 0 Å². The highest BCUT2D eigenvalue weighted by Crippen LogP contribution is 2.17. The van der Waals surface area contributed by atoms with Gasteiger partial charge in [0.1, 0.15) is 24.3 Å². The summed E-state index contributed by atoms with van der Waals surface area (Å²) in [5.74, 6) is -3.98. The summed E-state index contributed by atoms with van der Waals surface area (Å²) in [6.07, 6.45) is -3.88. The van der Waals surface area contributed by atoms with Gasteiger partial charge in [0.2, 0.25) is 23.6 Å². The number of aliphatic carboxylic acids is 1. The molecule has 1 aliphatic rings. The minimum atomic E-state index is -1.36. The third-order valence-electron chi connectivity index (χ3n) is 5.11. The van der Waals surface area contributed by atoms with Crippen LogP contribution in [0.25, 0.3) is 0 Å². The lowest BCUT2D eigenvalue weighted by Crippen LogP contribution is -2.66. The second-order valence-corrected chi connectivity index (χ2v) is 7.87. The summed E-state index contributed by atoms with van der Waals surface area (Å²) in [7, 11) is 0. The molecule has 14 heteroatoms. The Hall–Kier alpha value is -2.81. The lowest BCUT2D eigenvalue weighted by Gasteiger charge is -2.41. The standard InChI is InChI=1S/C19H33N5O9/c1-8(17(29)24-11(19(31)32)4-5-14(20)27)22-18(30)9(2)33-16-12(23-10(3)26)6-21-13(7-25)15(16)28/h8-9,11-13,15-16,21,25,28H,4-7H2,1-3H3,(H2,20,27)(H,22,30)(H,23,26)(H,24,29)(H,31,32)/t8-,9+,11+,12-,13?,15+,16+/m0/s1. The molecule has 33 heavy (non-hydrogen) atoms. The third-order valence-corrected chi connectivity index (χ3v) is 5.11. The number of carboxylic acid groups (broad SMARTS) is 1. The molecule has 1 aliphatic heterocycles. The molecule has 1 heterocycles. The molecule has 0 aromatic heterocycles. The smallest absolute Gasteiger partial charge is 0.326 e. The van der Waals surface area contributed by atoms with Crippen LogP contribution in [0.1, 0.15) is 33.6 Å². The van der Waals surface area contributed by atoms with Crippen LogP contribution in [0.3, 0.4) is 0 Å². The number of aliphatic hydroxyl groups is 2. The number of aliphatic hydroxyl groups excluding tert-OH is 2. The van der Waals surface area contributed by atoms with E-state index in [-0.39, 0.29) is 25.3 Å². The average Bonchev–Trinajstić information content (AvgIpc) is 2.72. The van der Waals surface area contributed by atoms with E-state index >= 15 is 0 Å². The Morgan fingerprint density at radius 2 is 1.79 bits per heavy atom. The molecule has 1 saturated heterocycles. The van der Waals surface area contributed by atoms with E-state index in [1.54, 1.807) is 0 Å². The van der Waals surface area contributed by atoms with Gasteiger partial charge in [0.05, 0.1) is 24.8 Å². The quantitative estimate of drug-likeness (QED) is 0.136. The van der Waals surface area contributed by atoms with Gasteiger partial charge in [-0.2, -0.15) is 0 Å². The molecule has 7 atom stereocenters. The zero-order valence-electron chi connectivity index (χ0n) is 18.7. The number of carbonyl (C=O) groups excluding carboxylic acids is 4. The Morgan fingerprint density at radius 1 is 1.15 bits per heavy atom. The first-order valence-corrected chi connectivity index (χ1v) is 10.4. The number of carboxylic acids is 1. The first-order chi connectivity index (χ1) is 15.4. The molecule has 4 amide bonds. The van der Waals surface area contributed by atoms with Crippen LogP contribution in [0.4, 0.5) is 0 Å². The van der Waals surface area contributed by atoms with Gasteiger partial charge in [0.25, 0.3) is 0 Å².